The van der Waals surface area contributed by atoms with Gasteiger partial charge in [-0.25, -0.2) is 10.8 Å². The lowest BCUT2D eigenvalue weighted by atomic mass is 10.0. The van der Waals surface area contributed by atoms with Gasteiger partial charge in [0.1, 0.15) is 11.1 Å². The number of aromatic nitrogens is 1. The summed E-state index contributed by atoms with van der Waals surface area (Å²) in [5.74, 6) is 4.76. The van der Waals surface area contributed by atoms with Crippen LogP contribution >= 0.6 is 11.8 Å². The number of nitrogens with one attached hydrogen (secondary N) is 1. The Bertz CT molecular complexity index is 493. The van der Waals surface area contributed by atoms with Gasteiger partial charge in [-0.2, -0.15) is 5.26 Å². The van der Waals surface area contributed by atoms with Gasteiger partial charge in [-0.1, -0.05) is 0 Å². The second-order valence-electron chi connectivity index (χ2n) is 3.54. The molecular weight excluding hydrogens is 236 g/mol. The van der Waals surface area contributed by atoms with Crippen molar-refractivity contribution in [2.24, 2.45) is 5.84 Å². The Hall–Kier alpha value is -1.58. The zero-order valence-electron chi connectivity index (χ0n) is 10.00. The van der Waals surface area contributed by atoms with Crippen LogP contribution in [0.4, 0.5) is 0 Å². The molecule has 1 rings (SSSR count). The molecule has 0 aliphatic heterocycles. The number of hydrazine groups is 1. The Labute approximate surface area is 104 Å². The highest BCUT2D eigenvalue weighted by molar-refractivity contribution is 7.98. The topological polar surface area (TPSA) is 91.8 Å². The molecule has 0 fully saturated rings. The summed E-state index contributed by atoms with van der Waals surface area (Å²) >= 11 is 1.42. The summed E-state index contributed by atoms with van der Waals surface area (Å²) < 4.78 is 0. The Morgan fingerprint density at radius 1 is 1.59 bits per heavy atom. The number of rotatable bonds is 3. The van der Waals surface area contributed by atoms with Crippen LogP contribution in [0.3, 0.4) is 0 Å². The van der Waals surface area contributed by atoms with Crippen molar-refractivity contribution in [1.29, 1.82) is 5.26 Å². The molecule has 5 nitrogen and oxygen atoms in total. The summed E-state index contributed by atoms with van der Waals surface area (Å²) in [6.45, 7) is 3.65. The lowest BCUT2D eigenvalue weighted by molar-refractivity contribution is -0.120. The molecule has 1 aromatic heterocycles. The van der Waals surface area contributed by atoms with E-state index in [9.17, 15) is 4.79 Å². The number of aryl methyl sites for hydroxylation is 1. The highest BCUT2D eigenvalue weighted by Crippen LogP contribution is 2.25. The maximum atomic E-state index is 11.3. The van der Waals surface area contributed by atoms with E-state index in [2.05, 4.69) is 16.5 Å². The molecule has 0 aliphatic carbocycles. The van der Waals surface area contributed by atoms with Gasteiger partial charge in [0.2, 0.25) is 5.91 Å². The minimum atomic E-state index is -0.293. The standard InChI is InChI=1S/C11H14N4OS/c1-6-8(4-10(16)15-13)7(2)14-11(17-3)9(6)5-12/h4,13H2,1-3H3,(H,15,16). The molecule has 6 heteroatoms. The molecule has 0 aromatic carbocycles. The lowest BCUT2D eigenvalue weighted by Gasteiger charge is -2.12. The molecule has 0 saturated carbocycles. The molecule has 0 saturated heterocycles. The van der Waals surface area contributed by atoms with Crippen LogP contribution in [0.15, 0.2) is 5.03 Å². The Kier molecular flexibility index (Phi) is 4.49. The quantitative estimate of drug-likeness (QED) is 0.359. The van der Waals surface area contributed by atoms with Gasteiger partial charge in [-0.15, -0.1) is 11.8 Å². The molecule has 0 atom stereocenters. The Balaban J connectivity index is 3.33. The highest BCUT2D eigenvalue weighted by atomic mass is 32.2. The van der Waals surface area contributed by atoms with Crippen LogP contribution in [-0.2, 0) is 11.2 Å². The summed E-state index contributed by atoms with van der Waals surface area (Å²) in [4.78, 5) is 15.6. The zero-order valence-corrected chi connectivity index (χ0v) is 10.8. The molecule has 17 heavy (non-hydrogen) atoms. The van der Waals surface area contributed by atoms with Crippen LogP contribution in [0, 0.1) is 25.2 Å². The fourth-order valence-corrected chi connectivity index (χ4v) is 2.24. The third-order valence-corrected chi connectivity index (χ3v) is 3.23. The average Bonchev–Trinajstić information content (AvgIpc) is 2.33. The van der Waals surface area contributed by atoms with Crippen molar-refractivity contribution >= 4 is 17.7 Å². The van der Waals surface area contributed by atoms with Crippen molar-refractivity contribution in [3.05, 3.63) is 22.4 Å². The predicted octanol–water partition coefficient (Wildman–Crippen LogP) is 0.824. The van der Waals surface area contributed by atoms with Gasteiger partial charge in [0.15, 0.2) is 0 Å². The molecule has 90 valence electrons. The minimum Gasteiger partial charge on any atom is -0.294 e. The van der Waals surface area contributed by atoms with Gasteiger partial charge >= 0.3 is 0 Å². The number of nitriles is 1. The van der Waals surface area contributed by atoms with Crippen molar-refractivity contribution < 1.29 is 4.79 Å². The predicted molar refractivity (Wildman–Crippen MR) is 66.2 cm³/mol. The molecular formula is C11H14N4OS. The molecule has 0 aliphatic rings. The fraction of sp³-hybridized carbons (Fsp3) is 0.364. The first-order chi connectivity index (χ1) is 8.04. The average molecular weight is 250 g/mol. The molecule has 0 unspecified atom stereocenters. The number of amides is 1. The summed E-state index contributed by atoms with van der Waals surface area (Å²) in [6.07, 6.45) is 2.01. The highest BCUT2D eigenvalue weighted by Gasteiger charge is 2.16. The van der Waals surface area contributed by atoms with Crippen LogP contribution in [0.5, 0.6) is 0 Å². The summed E-state index contributed by atoms with van der Waals surface area (Å²) in [5.41, 5.74) is 4.93. The van der Waals surface area contributed by atoms with E-state index in [1.807, 2.05) is 20.1 Å². The van der Waals surface area contributed by atoms with Crippen LogP contribution in [0.2, 0.25) is 0 Å². The largest absolute Gasteiger partial charge is 0.294 e. The van der Waals surface area contributed by atoms with E-state index < -0.39 is 0 Å². The Morgan fingerprint density at radius 2 is 2.24 bits per heavy atom. The van der Waals surface area contributed by atoms with Crippen LogP contribution in [0.1, 0.15) is 22.4 Å². The van der Waals surface area contributed by atoms with Gasteiger partial charge in [0, 0.05) is 5.69 Å². The monoisotopic (exact) mass is 250 g/mol. The summed E-state index contributed by atoms with van der Waals surface area (Å²) in [7, 11) is 0. The summed E-state index contributed by atoms with van der Waals surface area (Å²) in [5, 5.41) is 9.80. The number of nitrogens with zero attached hydrogens (tertiary/aromatic N) is 2. The van der Waals surface area contributed by atoms with Gasteiger partial charge in [0.25, 0.3) is 0 Å². The molecule has 1 heterocycles. The number of hydrogen-bond acceptors (Lipinski definition) is 5. The van der Waals surface area contributed by atoms with Crippen LogP contribution < -0.4 is 11.3 Å². The van der Waals surface area contributed by atoms with E-state index in [-0.39, 0.29) is 12.3 Å². The van der Waals surface area contributed by atoms with Gasteiger partial charge in [-0.3, -0.25) is 10.2 Å². The zero-order chi connectivity index (χ0) is 13.0. The number of thioether (sulfide) groups is 1. The van der Waals surface area contributed by atoms with E-state index in [4.69, 9.17) is 11.1 Å². The van der Waals surface area contributed by atoms with E-state index in [0.717, 1.165) is 16.8 Å². The SMILES string of the molecule is CSc1nc(C)c(CC(=O)NN)c(C)c1C#N. The maximum absolute atomic E-state index is 11.3. The molecule has 0 spiro atoms. The van der Waals surface area contributed by atoms with Crippen molar-refractivity contribution in [2.75, 3.05) is 6.26 Å². The number of nitrogens with two attached hydrogens (primary N) is 1. The van der Waals surface area contributed by atoms with Gasteiger partial charge in [-0.05, 0) is 31.2 Å². The summed E-state index contributed by atoms with van der Waals surface area (Å²) in [6, 6.07) is 2.13. The van der Waals surface area contributed by atoms with Gasteiger partial charge < -0.3 is 0 Å². The first kappa shape index (κ1) is 13.5. The lowest BCUT2D eigenvalue weighted by Crippen LogP contribution is -2.32. The smallest absolute Gasteiger partial charge is 0.238 e. The molecule has 1 aromatic rings. The second kappa shape index (κ2) is 5.66. The Morgan fingerprint density at radius 3 is 2.71 bits per heavy atom. The number of carbonyl (C=O) groups excluding carboxylic acids is 1. The van der Waals surface area contributed by atoms with Crippen LogP contribution in [0.25, 0.3) is 0 Å². The van der Waals surface area contributed by atoms with E-state index >= 15 is 0 Å². The van der Waals surface area contributed by atoms with Gasteiger partial charge in [0.05, 0.1) is 12.0 Å². The first-order valence-electron chi connectivity index (χ1n) is 4.98. The number of pyridine rings is 1. The third kappa shape index (κ3) is 2.75. The minimum absolute atomic E-state index is 0.143. The fourth-order valence-electron chi connectivity index (χ4n) is 1.61. The van der Waals surface area contributed by atoms with Crippen molar-refractivity contribution in [1.82, 2.24) is 10.4 Å². The molecule has 0 radical (unpaired) electrons. The third-order valence-electron chi connectivity index (χ3n) is 2.55. The van der Waals surface area contributed by atoms with E-state index in [1.165, 1.54) is 11.8 Å². The number of hydrogen-bond donors (Lipinski definition) is 2. The van der Waals surface area contributed by atoms with Crippen LogP contribution in [-0.4, -0.2) is 17.1 Å². The molecule has 1 amide bonds. The van der Waals surface area contributed by atoms with E-state index in [1.54, 1.807) is 0 Å². The van der Waals surface area contributed by atoms with E-state index in [0.29, 0.717) is 10.6 Å². The molecule has 3 N–H and O–H groups in total. The first-order valence-corrected chi connectivity index (χ1v) is 6.21. The maximum Gasteiger partial charge on any atom is 0.238 e. The van der Waals surface area contributed by atoms with Crippen molar-refractivity contribution in [3.8, 4) is 6.07 Å². The number of carbonyl (C=O) groups is 1. The van der Waals surface area contributed by atoms with Crippen molar-refractivity contribution in [2.45, 2.75) is 25.3 Å². The second-order valence-corrected chi connectivity index (χ2v) is 4.34. The normalized spacial score (nSPS) is 9.82. The molecule has 0 bridgehead atoms. The van der Waals surface area contributed by atoms with Crippen molar-refractivity contribution in [3.63, 3.8) is 0 Å².